The number of H-pyrrole nitrogens is 1. The van der Waals surface area contributed by atoms with E-state index in [1.807, 2.05) is 0 Å². The molecule has 2 N–H and O–H groups in total. The second-order valence-corrected chi connectivity index (χ2v) is 8.27. The summed E-state index contributed by atoms with van der Waals surface area (Å²) in [5.41, 5.74) is -6.22. The summed E-state index contributed by atoms with van der Waals surface area (Å²) in [5.74, 6) is -4.74. The van der Waals surface area contributed by atoms with E-state index in [9.17, 15) is 37.1 Å². The second kappa shape index (κ2) is 9.34. The number of halogens is 4. The van der Waals surface area contributed by atoms with Crippen LogP contribution in [-0.4, -0.2) is 62.7 Å². The number of rotatable bonds is 5. The van der Waals surface area contributed by atoms with Gasteiger partial charge in [0.15, 0.2) is 11.5 Å². The van der Waals surface area contributed by atoms with Crippen molar-refractivity contribution in [3.63, 3.8) is 0 Å². The highest BCUT2D eigenvalue weighted by molar-refractivity contribution is 6.22. The molecule has 0 unspecified atom stereocenters. The lowest BCUT2D eigenvalue weighted by Gasteiger charge is -2.20. The first-order valence-corrected chi connectivity index (χ1v) is 11.1. The SMILES string of the molecule is O=C(O)c1cccc(F)c1-c1n[nH]c2c(C(=O)c3ccccc3)c(C(=O)N3CCOC3)c(C(F)(F)F)nc12. The van der Waals surface area contributed by atoms with Gasteiger partial charge in [0, 0.05) is 12.1 Å². The Balaban J connectivity index is 1.90. The van der Waals surface area contributed by atoms with Gasteiger partial charge in [-0.25, -0.2) is 14.2 Å². The van der Waals surface area contributed by atoms with E-state index in [1.54, 1.807) is 6.07 Å². The first-order valence-electron chi connectivity index (χ1n) is 11.1. The molecule has 1 aliphatic heterocycles. The third kappa shape index (κ3) is 4.16. The van der Waals surface area contributed by atoms with Crippen molar-refractivity contribution >= 4 is 28.7 Å². The van der Waals surface area contributed by atoms with Gasteiger partial charge in [-0.05, 0) is 12.1 Å². The Morgan fingerprint density at radius 3 is 2.39 bits per heavy atom. The maximum absolute atomic E-state index is 14.9. The highest BCUT2D eigenvalue weighted by Crippen LogP contribution is 2.39. The Bertz CT molecular complexity index is 1600. The minimum absolute atomic E-state index is 0.0153. The molecule has 0 spiro atoms. The normalized spacial score (nSPS) is 13.7. The van der Waals surface area contributed by atoms with Crippen molar-refractivity contribution in [1.29, 1.82) is 0 Å². The molecule has 0 aliphatic carbocycles. The number of pyridine rings is 1. The quantitative estimate of drug-likeness (QED) is 0.295. The van der Waals surface area contributed by atoms with E-state index in [0.29, 0.717) is 0 Å². The highest BCUT2D eigenvalue weighted by atomic mass is 19.4. The summed E-state index contributed by atoms with van der Waals surface area (Å²) < 4.78 is 63.2. The van der Waals surface area contributed by atoms with E-state index in [2.05, 4.69) is 15.2 Å². The average molecular weight is 528 g/mol. The van der Waals surface area contributed by atoms with Crippen molar-refractivity contribution < 1.29 is 41.8 Å². The van der Waals surface area contributed by atoms with Crippen molar-refractivity contribution in [2.75, 3.05) is 19.9 Å². The van der Waals surface area contributed by atoms with Crippen LogP contribution in [0.25, 0.3) is 22.3 Å². The zero-order valence-corrected chi connectivity index (χ0v) is 19.2. The van der Waals surface area contributed by atoms with Crippen molar-refractivity contribution in [2.24, 2.45) is 0 Å². The van der Waals surface area contributed by atoms with Crippen LogP contribution < -0.4 is 0 Å². The number of ether oxygens (including phenoxy) is 1. The fourth-order valence-corrected chi connectivity index (χ4v) is 4.25. The summed E-state index contributed by atoms with van der Waals surface area (Å²) in [4.78, 5) is 43.4. The van der Waals surface area contributed by atoms with Crippen LogP contribution in [0.1, 0.15) is 42.3 Å². The maximum Gasteiger partial charge on any atom is 0.434 e. The van der Waals surface area contributed by atoms with Gasteiger partial charge in [0.1, 0.15) is 23.8 Å². The van der Waals surface area contributed by atoms with E-state index in [-0.39, 0.29) is 31.0 Å². The molecule has 0 atom stereocenters. The molecule has 0 radical (unpaired) electrons. The number of aromatic nitrogens is 3. The molecule has 0 saturated carbocycles. The van der Waals surface area contributed by atoms with Crippen LogP contribution in [0, 0.1) is 5.82 Å². The monoisotopic (exact) mass is 528 g/mol. The van der Waals surface area contributed by atoms with Crippen LogP contribution in [0.4, 0.5) is 17.6 Å². The lowest BCUT2D eigenvalue weighted by molar-refractivity contribution is -0.141. The van der Waals surface area contributed by atoms with Crippen LogP contribution in [-0.2, 0) is 10.9 Å². The van der Waals surface area contributed by atoms with E-state index in [1.165, 1.54) is 24.3 Å². The molecule has 1 aliphatic rings. The molecular weight excluding hydrogens is 512 g/mol. The molecule has 9 nitrogen and oxygen atoms in total. The van der Waals surface area contributed by atoms with Gasteiger partial charge in [0.25, 0.3) is 5.91 Å². The van der Waals surface area contributed by atoms with Crippen LogP contribution >= 0.6 is 0 Å². The number of fused-ring (bicyclic) bond motifs is 1. The number of nitrogens with zero attached hydrogens (tertiary/aromatic N) is 3. The molecule has 38 heavy (non-hydrogen) atoms. The zero-order chi connectivity index (χ0) is 27.2. The molecule has 1 amide bonds. The van der Waals surface area contributed by atoms with Gasteiger partial charge in [-0.15, -0.1) is 0 Å². The van der Waals surface area contributed by atoms with E-state index < -0.39 is 68.8 Å². The van der Waals surface area contributed by atoms with Gasteiger partial charge >= 0.3 is 12.1 Å². The number of alkyl halides is 3. The summed E-state index contributed by atoms with van der Waals surface area (Å²) >= 11 is 0. The summed E-state index contributed by atoms with van der Waals surface area (Å²) in [6, 6.07) is 10.4. The first kappa shape index (κ1) is 25.0. The molecule has 4 aromatic rings. The van der Waals surface area contributed by atoms with Crippen molar-refractivity contribution in [3.05, 3.63) is 82.3 Å². The van der Waals surface area contributed by atoms with Crippen molar-refractivity contribution in [3.8, 4) is 11.3 Å². The number of ketones is 1. The fourth-order valence-electron chi connectivity index (χ4n) is 4.25. The van der Waals surface area contributed by atoms with Crippen LogP contribution in [0.2, 0.25) is 0 Å². The fraction of sp³-hybridized carbons (Fsp3) is 0.160. The molecule has 13 heteroatoms. The van der Waals surface area contributed by atoms with E-state index in [0.717, 1.165) is 23.1 Å². The molecule has 2 aromatic heterocycles. The number of hydrogen-bond acceptors (Lipinski definition) is 6. The Morgan fingerprint density at radius 2 is 1.76 bits per heavy atom. The maximum atomic E-state index is 14.9. The molecule has 3 heterocycles. The number of nitrogens with one attached hydrogen (secondary N) is 1. The molecule has 1 saturated heterocycles. The predicted molar refractivity (Wildman–Crippen MR) is 123 cm³/mol. The third-order valence-corrected chi connectivity index (χ3v) is 5.97. The topological polar surface area (TPSA) is 125 Å². The number of carboxylic acids is 1. The molecule has 194 valence electrons. The number of aromatic amines is 1. The van der Waals surface area contributed by atoms with Gasteiger partial charge in [0.05, 0.1) is 34.4 Å². The summed E-state index contributed by atoms with van der Waals surface area (Å²) in [5, 5.41) is 15.8. The lowest BCUT2D eigenvalue weighted by Crippen LogP contribution is -2.33. The number of carboxylic acid groups (broad SMARTS) is 1. The minimum atomic E-state index is -5.23. The van der Waals surface area contributed by atoms with Crippen molar-refractivity contribution in [1.82, 2.24) is 20.1 Å². The van der Waals surface area contributed by atoms with E-state index >= 15 is 0 Å². The van der Waals surface area contributed by atoms with Gasteiger partial charge in [-0.3, -0.25) is 14.7 Å². The Hall–Kier alpha value is -4.65. The molecule has 5 rings (SSSR count). The van der Waals surface area contributed by atoms with Crippen molar-refractivity contribution in [2.45, 2.75) is 6.18 Å². The average Bonchev–Trinajstić information content (AvgIpc) is 3.57. The Kier molecular flexibility index (Phi) is 6.15. The third-order valence-electron chi connectivity index (χ3n) is 5.97. The Morgan fingerprint density at radius 1 is 1.03 bits per heavy atom. The number of carbonyl (C=O) groups is 3. The molecule has 0 bridgehead atoms. The summed E-state index contributed by atoms with van der Waals surface area (Å²) in [6.45, 7) is -0.221. The number of hydrogen-bond donors (Lipinski definition) is 2. The smallest absolute Gasteiger partial charge is 0.434 e. The molecule has 1 fully saturated rings. The van der Waals surface area contributed by atoms with Gasteiger partial charge in [-0.2, -0.15) is 18.3 Å². The number of carbonyl (C=O) groups excluding carboxylic acids is 2. The molecule has 2 aromatic carbocycles. The Labute approximate surface area is 210 Å². The lowest BCUT2D eigenvalue weighted by atomic mass is 9.93. The summed E-state index contributed by atoms with van der Waals surface area (Å²) in [6.07, 6.45) is -5.23. The number of benzene rings is 2. The number of amides is 1. The zero-order valence-electron chi connectivity index (χ0n) is 19.2. The largest absolute Gasteiger partial charge is 0.478 e. The minimum Gasteiger partial charge on any atom is -0.478 e. The first-order chi connectivity index (χ1) is 18.1. The molecular formula is C25H16F4N4O5. The van der Waals surface area contributed by atoms with Crippen LogP contribution in [0.5, 0.6) is 0 Å². The number of aromatic carboxylic acids is 1. The summed E-state index contributed by atoms with van der Waals surface area (Å²) in [7, 11) is 0. The highest BCUT2D eigenvalue weighted by Gasteiger charge is 2.43. The van der Waals surface area contributed by atoms with Gasteiger partial charge in [0.2, 0.25) is 0 Å². The van der Waals surface area contributed by atoms with E-state index in [4.69, 9.17) is 4.74 Å². The van der Waals surface area contributed by atoms with Crippen LogP contribution in [0.3, 0.4) is 0 Å². The van der Waals surface area contributed by atoms with Gasteiger partial charge < -0.3 is 14.7 Å². The standard InChI is InChI=1S/C25H16F4N4O5/c26-14-8-4-7-13(24(36)37)15(14)18-20-19(32-31-18)16(21(34)12-5-2-1-3-6-12)17(22(30-20)25(27,28)29)23(35)33-9-10-38-11-33/h1-8H,9-11H2,(H,31,32)(H,36,37). The predicted octanol–water partition coefficient (Wildman–Crippen LogP) is 4.14. The van der Waals surface area contributed by atoms with Crippen LogP contribution in [0.15, 0.2) is 48.5 Å². The second-order valence-electron chi connectivity index (χ2n) is 8.27. The van der Waals surface area contributed by atoms with Gasteiger partial charge in [-0.1, -0.05) is 36.4 Å².